The van der Waals surface area contributed by atoms with Crippen molar-refractivity contribution in [2.24, 2.45) is 5.41 Å². The van der Waals surface area contributed by atoms with Crippen LogP contribution >= 0.6 is 22.9 Å². The number of thiazole rings is 1. The van der Waals surface area contributed by atoms with Gasteiger partial charge < -0.3 is 55.1 Å². The number of hydrogen-bond donors (Lipinski definition) is 5. The summed E-state index contributed by atoms with van der Waals surface area (Å²) in [6, 6.07) is 27.1. The first-order chi connectivity index (χ1) is 36.5. The largest absolute Gasteiger partial charge is 0.391 e. The number of carbonyl (C=O) groups is 5. The molecule has 5 amide bonds. The number of halogens is 1. The van der Waals surface area contributed by atoms with E-state index in [2.05, 4.69) is 39.2 Å². The van der Waals surface area contributed by atoms with Gasteiger partial charge in [0.1, 0.15) is 18.7 Å². The average Bonchev–Trinajstić information content (AvgIpc) is 4.02. The van der Waals surface area contributed by atoms with Gasteiger partial charge in [-0.3, -0.25) is 24.0 Å². The van der Waals surface area contributed by atoms with Gasteiger partial charge >= 0.3 is 0 Å². The Morgan fingerprint density at radius 3 is 2.07 bits per heavy atom. The van der Waals surface area contributed by atoms with Crippen LogP contribution in [0.15, 0.2) is 96.5 Å². The first-order valence-corrected chi connectivity index (χ1v) is 26.9. The smallest absolute Gasteiger partial charge is 0.251 e. The highest BCUT2D eigenvalue weighted by Crippen LogP contribution is 2.41. The SMILES string of the molecule is CC(=O)N1c2ccc(-c3ccc(C(=O)NCCOCCOCCOCCOCC(=O)N[C@H](C(=O)N4C[C@H](O)C[C@H]4C(=O)NCc4ccc(-c5scnc5C)cc4)C(C)(C)C)cc3)cc2[C@H](Nc2ccc(Cl)cc2)C[C@@H]1C. The molecule has 5 N–H and O–H groups in total. The molecule has 0 bridgehead atoms. The summed E-state index contributed by atoms with van der Waals surface area (Å²) < 4.78 is 22.3. The Morgan fingerprint density at radius 1 is 0.803 bits per heavy atom. The number of hydrogen-bond acceptors (Lipinski definition) is 13. The van der Waals surface area contributed by atoms with Gasteiger partial charge in [0.2, 0.25) is 23.6 Å². The molecule has 4 aromatic carbocycles. The van der Waals surface area contributed by atoms with E-state index in [9.17, 15) is 29.1 Å². The van der Waals surface area contributed by atoms with Crippen LogP contribution in [-0.4, -0.2) is 135 Å². The fourth-order valence-electron chi connectivity index (χ4n) is 9.37. The normalized spacial score (nSPS) is 17.7. The predicted octanol–water partition coefficient (Wildman–Crippen LogP) is 7.34. The third-order valence-corrected chi connectivity index (χ3v) is 14.5. The van der Waals surface area contributed by atoms with Gasteiger partial charge in [0.05, 0.1) is 74.5 Å². The van der Waals surface area contributed by atoms with Crippen LogP contribution in [0.4, 0.5) is 11.4 Å². The number of β-amino-alcohol motifs (C(OH)–C–C–N with tert-alkyl or cyclic N) is 1. The molecule has 2 aliphatic rings. The summed E-state index contributed by atoms with van der Waals surface area (Å²) in [5.74, 6) is -1.55. The van der Waals surface area contributed by atoms with Crippen molar-refractivity contribution in [3.8, 4) is 21.6 Å². The molecule has 0 radical (unpaired) electrons. The van der Waals surface area contributed by atoms with E-state index in [-0.39, 0.29) is 69.1 Å². The number of aliphatic hydroxyl groups is 1. The molecule has 17 nitrogen and oxygen atoms in total. The summed E-state index contributed by atoms with van der Waals surface area (Å²) in [5.41, 5.74) is 9.26. The molecule has 3 heterocycles. The second-order valence-electron chi connectivity index (χ2n) is 20.1. The molecule has 76 heavy (non-hydrogen) atoms. The van der Waals surface area contributed by atoms with E-state index >= 15 is 0 Å². The monoisotopic (exact) mass is 1080 g/mol. The molecule has 1 aromatic heterocycles. The fraction of sp³-hybridized carbons (Fsp3) is 0.439. The second-order valence-corrected chi connectivity index (χ2v) is 21.4. The molecule has 19 heteroatoms. The van der Waals surface area contributed by atoms with E-state index in [1.807, 2.05) is 111 Å². The Labute approximate surface area is 454 Å². The van der Waals surface area contributed by atoms with Crippen molar-refractivity contribution in [2.45, 2.75) is 91.2 Å². The van der Waals surface area contributed by atoms with Crippen molar-refractivity contribution < 1.29 is 48.0 Å². The third-order valence-electron chi connectivity index (χ3n) is 13.3. The number of anilines is 2. The van der Waals surface area contributed by atoms with Crippen molar-refractivity contribution in [1.82, 2.24) is 25.8 Å². The number of likely N-dealkylation sites (tertiary alicyclic amines) is 1. The first kappa shape index (κ1) is 57.5. The average molecular weight is 1080 g/mol. The zero-order chi connectivity index (χ0) is 54.4. The van der Waals surface area contributed by atoms with Gasteiger partial charge in [0.25, 0.3) is 5.91 Å². The summed E-state index contributed by atoms with van der Waals surface area (Å²) in [5, 5.41) is 23.4. The number of ether oxygens (including phenoxy) is 4. The maximum Gasteiger partial charge on any atom is 0.251 e. The number of fused-ring (bicyclic) bond motifs is 1. The van der Waals surface area contributed by atoms with Gasteiger partial charge in [0, 0.05) is 61.0 Å². The topological polar surface area (TPSA) is 210 Å². The maximum atomic E-state index is 13.9. The Bertz CT molecular complexity index is 2750. The molecule has 5 aromatic rings. The predicted molar refractivity (Wildman–Crippen MR) is 294 cm³/mol. The lowest BCUT2D eigenvalue weighted by molar-refractivity contribution is -0.144. The lowest BCUT2D eigenvalue weighted by Crippen LogP contribution is -2.58. The molecule has 406 valence electrons. The van der Waals surface area contributed by atoms with Gasteiger partial charge in [-0.25, -0.2) is 4.98 Å². The number of nitrogens with zero attached hydrogens (tertiary/aromatic N) is 3. The van der Waals surface area contributed by atoms with Gasteiger partial charge in [-0.15, -0.1) is 11.3 Å². The standard InChI is InChI=1S/C57H70ClN7O10S/c1-36-29-48(62-45-18-16-44(58)17-19-45)47-30-43(15-20-49(47)65(36)38(3)66)40-11-13-42(14-12-40)54(69)59-21-22-72-23-24-73-25-26-74-27-28-75-34-51(68)63-53(57(4,5)6)56(71)64-33-46(67)31-50(64)55(70)60-32-39-7-9-41(10-8-39)52-37(2)61-35-76-52/h7-20,30,35-36,46,48,50,53,62,67H,21-29,31-34H2,1-6H3,(H,59,69)(H,60,70)(H,63,68)/t36-,46+,48+,50-,53+/m0/s1. The summed E-state index contributed by atoms with van der Waals surface area (Å²) in [7, 11) is 0. The van der Waals surface area contributed by atoms with Gasteiger partial charge in [-0.05, 0) is 102 Å². The number of rotatable bonds is 24. The van der Waals surface area contributed by atoms with Crippen LogP contribution in [0, 0.1) is 12.3 Å². The minimum Gasteiger partial charge on any atom is -0.391 e. The molecule has 2 aliphatic heterocycles. The number of carbonyl (C=O) groups excluding carboxylic acids is 5. The van der Waals surface area contributed by atoms with Crippen molar-refractivity contribution in [1.29, 1.82) is 0 Å². The van der Waals surface area contributed by atoms with Crippen LogP contribution in [0.1, 0.15) is 80.7 Å². The number of aryl methyl sites for hydroxylation is 1. The maximum absolute atomic E-state index is 13.9. The molecule has 1 saturated heterocycles. The highest BCUT2D eigenvalue weighted by atomic mass is 35.5. The Kier molecular flexibility index (Phi) is 20.5. The molecule has 7 rings (SSSR count). The molecule has 0 aliphatic carbocycles. The van der Waals surface area contributed by atoms with Gasteiger partial charge in [0.15, 0.2) is 0 Å². The van der Waals surface area contributed by atoms with E-state index in [1.165, 1.54) is 4.90 Å². The molecule has 0 saturated carbocycles. The van der Waals surface area contributed by atoms with Crippen LogP contribution in [0.5, 0.6) is 0 Å². The Hall–Kier alpha value is -6.25. The minimum atomic E-state index is -0.979. The van der Waals surface area contributed by atoms with Crippen LogP contribution in [0.25, 0.3) is 21.6 Å². The molecule has 0 spiro atoms. The lowest BCUT2D eigenvalue weighted by atomic mass is 9.85. The van der Waals surface area contributed by atoms with Gasteiger partial charge in [-0.2, -0.15) is 0 Å². The fourth-order valence-corrected chi connectivity index (χ4v) is 10.3. The number of benzene rings is 4. The lowest BCUT2D eigenvalue weighted by Gasteiger charge is -2.39. The van der Waals surface area contributed by atoms with Crippen LogP contribution in [-0.2, 0) is 44.7 Å². The summed E-state index contributed by atoms with van der Waals surface area (Å²) in [6.45, 7) is 13.3. The highest BCUT2D eigenvalue weighted by molar-refractivity contribution is 7.13. The molecule has 0 unspecified atom stereocenters. The van der Waals surface area contributed by atoms with E-state index < -0.39 is 35.4 Å². The van der Waals surface area contributed by atoms with E-state index in [0.717, 1.165) is 56.2 Å². The number of aromatic nitrogens is 1. The van der Waals surface area contributed by atoms with E-state index in [0.29, 0.717) is 50.2 Å². The summed E-state index contributed by atoms with van der Waals surface area (Å²) in [4.78, 5) is 74.6. The van der Waals surface area contributed by atoms with Crippen molar-refractivity contribution in [3.05, 3.63) is 124 Å². The van der Waals surface area contributed by atoms with Crippen molar-refractivity contribution in [2.75, 3.05) is 76.2 Å². The summed E-state index contributed by atoms with van der Waals surface area (Å²) in [6.07, 6.45) is -0.0632. The van der Waals surface area contributed by atoms with Crippen molar-refractivity contribution in [3.63, 3.8) is 0 Å². The third kappa shape index (κ3) is 15.7. The van der Waals surface area contributed by atoms with Crippen LogP contribution in [0.3, 0.4) is 0 Å². The quantitative estimate of drug-likeness (QED) is 0.0385. The number of nitrogens with one attached hydrogen (secondary N) is 4. The zero-order valence-corrected chi connectivity index (χ0v) is 45.6. The Balaban J connectivity index is 0.739. The van der Waals surface area contributed by atoms with E-state index in [1.54, 1.807) is 30.4 Å². The number of aliphatic hydroxyl groups excluding tert-OH is 1. The molecule has 1 fully saturated rings. The number of amides is 5. The highest BCUT2D eigenvalue weighted by Gasteiger charge is 2.44. The van der Waals surface area contributed by atoms with E-state index in [4.69, 9.17) is 30.5 Å². The minimum absolute atomic E-state index is 0.00636. The molecular formula is C57H70ClN7O10S. The second kappa shape index (κ2) is 27.2. The first-order valence-electron chi connectivity index (χ1n) is 25.7. The summed E-state index contributed by atoms with van der Waals surface area (Å²) >= 11 is 7.70. The Morgan fingerprint density at radius 2 is 1.43 bits per heavy atom. The van der Waals surface area contributed by atoms with Crippen LogP contribution < -0.4 is 26.2 Å². The van der Waals surface area contributed by atoms with Gasteiger partial charge in [-0.1, -0.05) is 74.8 Å². The molecular weight excluding hydrogens is 1010 g/mol. The molecule has 5 atom stereocenters. The van der Waals surface area contributed by atoms with Crippen molar-refractivity contribution >= 4 is 63.8 Å². The van der Waals surface area contributed by atoms with Crippen LogP contribution in [0.2, 0.25) is 5.02 Å². The zero-order valence-electron chi connectivity index (χ0n) is 44.1.